The summed E-state index contributed by atoms with van der Waals surface area (Å²) >= 11 is 3.43. The summed E-state index contributed by atoms with van der Waals surface area (Å²) in [6, 6.07) is 5.70. The molecule has 0 radical (unpaired) electrons. The fraction of sp³-hybridized carbons (Fsp3) is 0.182. The SMILES string of the molecule is Cc1ccc(-n2nncc2CC(=O)O)cc1Br. The van der Waals surface area contributed by atoms with Crippen molar-refractivity contribution in [1.29, 1.82) is 0 Å². The maximum absolute atomic E-state index is 10.7. The fourth-order valence-corrected chi connectivity index (χ4v) is 1.83. The lowest BCUT2D eigenvalue weighted by molar-refractivity contribution is -0.136. The molecule has 2 rings (SSSR count). The number of carboxylic acids is 1. The average molecular weight is 296 g/mol. The molecule has 6 heteroatoms. The molecule has 0 aliphatic carbocycles. The number of rotatable bonds is 3. The van der Waals surface area contributed by atoms with E-state index in [1.165, 1.54) is 10.9 Å². The van der Waals surface area contributed by atoms with E-state index in [1.807, 2.05) is 25.1 Å². The first kappa shape index (κ1) is 11.8. The zero-order valence-electron chi connectivity index (χ0n) is 9.09. The van der Waals surface area contributed by atoms with Crippen molar-refractivity contribution < 1.29 is 9.90 Å². The number of aromatic nitrogens is 3. The van der Waals surface area contributed by atoms with E-state index in [0.717, 1.165) is 15.7 Å². The molecular formula is C11H10BrN3O2. The molecular weight excluding hydrogens is 286 g/mol. The molecule has 88 valence electrons. The van der Waals surface area contributed by atoms with Crippen molar-refractivity contribution in [1.82, 2.24) is 15.0 Å². The molecule has 0 saturated carbocycles. The van der Waals surface area contributed by atoms with Gasteiger partial charge in [0.05, 0.1) is 24.0 Å². The summed E-state index contributed by atoms with van der Waals surface area (Å²) in [5.74, 6) is -0.903. The smallest absolute Gasteiger partial charge is 0.309 e. The summed E-state index contributed by atoms with van der Waals surface area (Å²) in [4.78, 5) is 10.7. The highest BCUT2D eigenvalue weighted by atomic mass is 79.9. The molecule has 0 unspecified atom stereocenters. The predicted octanol–water partition coefficient (Wildman–Crippen LogP) is 1.97. The molecule has 0 aliphatic heterocycles. The Balaban J connectivity index is 2.42. The molecule has 0 bridgehead atoms. The Morgan fingerprint density at radius 1 is 1.53 bits per heavy atom. The van der Waals surface area contributed by atoms with Crippen LogP contribution in [-0.4, -0.2) is 26.1 Å². The van der Waals surface area contributed by atoms with Crippen molar-refractivity contribution in [3.8, 4) is 5.69 Å². The predicted molar refractivity (Wildman–Crippen MR) is 65.1 cm³/mol. The Bertz CT molecular complexity index is 566. The van der Waals surface area contributed by atoms with Gasteiger partial charge in [-0.05, 0) is 24.6 Å². The molecule has 1 N–H and O–H groups in total. The number of carboxylic acid groups (broad SMARTS) is 1. The minimum absolute atomic E-state index is 0.0987. The topological polar surface area (TPSA) is 68.0 Å². The van der Waals surface area contributed by atoms with Crippen LogP contribution in [0.1, 0.15) is 11.3 Å². The van der Waals surface area contributed by atoms with Crippen molar-refractivity contribution in [3.63, 3.8) is 0 Å². The van der Waals surface area contributed by atoms with Crippen molar-refractivity contribution in [3.05, 3.63) is 40.1 Å². The average Bonchev–Trinajstić information content (AvgIpc) is 2.69. The van der Waals surface area contributed by atoms with Gasteiger partial charge in [0.15, 0.2) is 0 Å². The Labute approximate surface area is 106 Å². The molecule has 0 spiro atoms. The van der Waals surface area contributed by atoms with E-state index < -0.39 is 5.97 Å². The third-order valence-corrected chi connectivity index (χ3v) is 3.21. The van der Waals surface area contributed by atoms with E-state index in [4.69, 9.17) is 5.11 Å². The van der Waals surface area contributed by atoms with Crippen molar-refractivity contribution in [2.75, 3.05) is 0 Å². The number of hydrogen-bond acceptors (Lipinski definition) is 3. The van der Waals surface area contributed by atoms with Crippen LogP contribution in [0.5, 0.6) is 0 Å². The summed E-state index contributed by atoms with van der Waals surface area (Å²) in [6.07, 6.45) is 1.36. The number of carbonyl (C=O) groups is 1. The third-order valence-electron chi connectivity index (χ3n) is 2.35. The molecule has 17 heavy (non-hydrogen) atoms. The first-order valence-corrected chi connectivity index (χ1v) is 5.75. The Morgan fingerprint density at radius 2 is 2.29 bits per heavy atom. The van der Waals surface area contributed by atoms with E-state index in [2.05, 4.69) is 26.2 Å². The van der Waals surface area contributed by atoms with Crippen molar-refractivity contribution in [2.45, 2.75) is 13.3 Å². The minimum Gasteiger partial charge on any atom is -0.481 e. The standard InChI is InChI=1S/C11H10BrN3O2/c1-7-2-3-8(4-10(7)12)15-9(5-11(16)17)6-13-14-15/h2-4,6H,5H2,1H3,(H,16,17). The quantitative estimate of drug-likeness (QED) is 0.940. The first-order chi connectivity index (χ1) is 8.08. The largest absolute Gasteiger partial charge is 0.481 e. The van der Waals surface area contributed by atoms with E-state index in [-0.39, 0.29) is 6.42 Å². The molecule has 5 nitrogen and oxygen atoms in total. The lowest BCUT2D eigenvalue weighted by atomic mass is 10.2. The Kier molecular flexibility index (Phi) is 3.23. The van der Waals surface area contributed by atoms with Gasteiger partial charge in [0, 0.05) is 4.47 Å². The van der Waals surface area contributed by atoms with E-state index in [9.17, 15) is 4.79 Å². The molecule has 0 saturated heterocycles. The molecule has 1 heterocycles. The second-order valence-corrected chi connectivity index (χ2v) is 4.50. The summed E-state index contributed by atoms with van der Waals surface area (Å²) in [6.45, 7) is 1.98. The Morgan fingerprint density at radius 3 is 2.94 bits per heavy atom. The molecule has 0 fully saturated rings. The zero-order valence-corrected chi connectivity index (χ0v) is 10.7. The van der Waals surface area contributed by atoms with Gasteiger partial charge in [-0.15, -0.1) is 5.10 Å². The van der Waals surface area contributed by atoms with Gasteiger partial charge >= 0.3 is 5.97 Å². The van der Waals surface area contributed by atoms with Crippen LogP contribution >= 0.6 is 15.9 Å². The van der Waals surface area contributed by atoms with Crippen molar-refractivity contribution >= 4 is 21.9 Å². The molecule has 2 aromatic rings. The monoisotopic (exact) mass is 295 g/mol. The van der Waals surface area contributed by atoms with Gasteiger partial charge in [-0.1, -0.05) is 27.2 Å². The van der Waals surface area contributed by atoms with Crippen molar-refractivity contribution in [2.24, 2.45) is 0 Å². The number of nitrogens with zero attached hydrogens (tertiary/aromatic N) is 3. The molecule has 1 aromatic carbocycles. The summed E-state index contributed by atoms with van der Waals surface area (Å²) in [5, 5.41) is 16.4. The van der Waals surface area contributed by atoms with E-state index >= 15 is 0 Å². The molecule has 0 atom stereocenters. The normalized spacial score (nSPS) is 10.5. The lowest BCUT2D eigenvalue weighted by Crippen LogP contribution is -2.08. The lowest BCUT2D eigenvalue weighted by Gasteiger charge is -2.06. The van der Waals surface area contributed by atoms with Gasteiger partial charge in [-0.3, -0.25) is 4.79 Å². The van der Waals surface area contributed by atoms with Gasteiger partial charge in [-0.2, -0.15) is 0 Å². The minimum atomic E-state index is -0.903. The zero-order chi connectivity index (χ0) is 12.4. The maximum atomic E-state index is 10.7. The third kappa shape index (κ3) is 2.52. The Hall–Kier alpha value is -1.69. The van der Waals surface area contributed by atoms with Crippen LogP contribution in [0.2, 0.25) is 0 Å². The van der Waals surface area contributed by atoms with Gasteiger partial charge in [0.25, 0.3) is 0 Å². The van der Waals surface area contributed by atoms with E-state index in [1.54, 1.807) is 0 Å². The number of hydrogen-bond donors (Lipinski definition) is 1. The second-order valence-electron chi connectivity index (χ2n) is 3.64. The fourth-order valence-electron chi connectivity index (χ4n) is 1.46. The van der Waals surface area contributed by atoms with E-state index in [0.29, 0.717) is 5.69 Å². The van der Waals surface area contributed by atoms with Gasteiger partial charge in [-0.25, -0.2) is 4.68 Å². The second kappa shape index (κ2) is 4.67. The highest BCUT2D eigenvalue weighted by Gasteiger charge is 2.10. The highest BCUT2D eigenvalue weighted by molar-refractivity contribution is 9.10. The summed E-state index contributed by atoms with van der Waals surface area (Å²) in [5.41, 5.74) is 2.44. The number of aryl methyl sites for hydroxylation is 1. The van der Waals surface area contributed by atoms with Crippen LogP contribution in [0.3, 0.4) is 0 Å². The molecule has 0 aliphatic rings. The first-order valence-electron chi connectivity index (χ1n) is 4.96. The number of halogens is 1. The number of benzene rings is 1. The van der Waals surface area contributed by atoms with Gasteiger partial charge in [0.2, 0.25) is 0 Å². The van der Waals surface area contributed by atoms with Crippen LogP contribution in [0.25, 0.3) is 5.69 Å². The maximum Gasteiger partial charge on any atom is 0.309 e. The van der Waals surface area contributed by atoms with Gasteiger partial charge in [0.1, 0.15) is 0 Å². The number of aliphatic carboxylic acids is 1. The van der Waals surface area contributed by atoms with Crippen LogP contribution in [0, 0.1) is 6.92 Å². The molecule has 0 amide bonds. The molecule has 1 aromatic heterocycles. The highest BCUT2D eigenvalue weighted by Crippen LogP contribution is 2.20. The summed E-state index contributed by atoms with van der Waals surface area (Å²) < 4.78 is 2.48. The van der Waals surface area contributed by atoms with Crippen LogP contribution in [0.4, 0.5) is 0 Å². The van der Waals surface area contributed by atoms with Gasteiger partial charge < -0.3 is 5.11 Å². The van der Waals surface area contributed by atoms with Crippen LogP contribution < -0.4 is 0 Å². The van der Waals surface area contributed by atoms with Crippen LogP contribution in [0.15, 0.2) is 28.9 Å². The summed E-state index contributed by atoms with van der Waals surface area (Å²) in [7, 11) is 0. The van der Waals surface area contributed by atoms with Crippen LogP contribution in [-0.2, 0) is 11.2 Å².